The van der Waals surface area contributed by atoms with Crippen molar-refractivity contribution in [2.75, 3.05) is 13.2 Å². The van der Waals surface area contributed by atoms with Crippen molar-refractivity contribution in [2.24, 2.45) is 5.73 Å². The Bertz CT molecular complexity index is 1100. The van der Waals surface area contributed by atoms with E-state index in [9.17, 15) is 24.3 Å². The van der Waals surface area contributed by atoms with E-state index in [2.05, 4.69) is 5.32 Å². The highest BCUT2D eigenvalue weighted by Crippen LogP contribution is 2.15. The molecule has 0 aliphatic heterocycles. The number of hydrogen-bond acceptors (Lipinski definition) is 7. The molecule has 0 heterocycles. The molecule has 0 saturated heterocycles. The van der Waals surface area contributed by atoms with Crippen molar-refractivity contribution in [2.45, 2.75) is 64.3 Å². The number of primary amides is 1. The van der Waals surface area contributed by atoms with Gasteiger partial charge in [-0.15, -0.1) is 0 Å². The predicted molar refractivity (Wildman–Crippen MR) is 146 cm³/mol. The summed E-state index contributed by atoms with van der Waals surface area (Å²) in [5.41, 5.74) is 6.30. The third-order valence-corrected chi connectivity index (χ3v) is 5.83. The van der Waals surface area contributed by atoms with Gasteiger partial charge in [0, 0.05) is 18.0 Å². The van der Waals surface area contributed by atoms with E-state index in [-0.39, 0.29) is 26.0 Å². The number of nitrogens with zero attached hydrogens (tertiary/aromatic N) is 1. The SMILES string of the molecule is CC(C)(C)OC(=O)CCC(NC(=O)OCc1ccccc1)C(=O)N(CCc1ccc(Cl)cc1)[C@@H](CO)C(N)=O. The number of ether oxygens (including phenoxy) is 2. The molecule has 0 aliphatic carbocycles. The third-order valence-electron chi connectivity index (χ3n) is 5.58. The molecule has 0 spiro atoms. The van der Waals surface area contributed by atoms with Crippen LogP contribution >= 0.6 is 11.6 Å². The maximum absolute atomic E-state index is 13.7. The molecule has 212 valence electrons. The number of esters is 1. The number of carbonyl (C=O) groups excluding carboxylic acids is 4. The number of alkyl carbamates (subject to hydrolysis) is 1. The van der Waals surface area contributed by atoms with E-state index in [1.165, 1.54) is 0 Å². The summed E-state index contributed by atoms with van der Waals surface area (Å²) in [4.78, 5) is 51.9. The molecule has 2 rings (SSSR count). The fraction of sp³-hybridized carbons (Fsp3) is 0.429. The molecule has 2 aromatic carbocycles. The quantitative estimate of drug-likeness (QED) is 0.318. The largest absolute Gasteiger partial charge is 0.460 e. The van der Waals surface area contributed by atoms with Gasteiger partial charge in [0.25, 0.3) is 0 Å². The first kappa shape index (κ1) is 31.6. The van der Waals surface area contributed by atoms with E-state index < -0.39 is 48.2 Å². The molecule has 0 aliphatic rings. The lowest BCUT2D eigenvalue weighted by Gasteiger charge is -2.32. The van der Waals surface area contributed by atoms with Crippen molar-refractivity contribution in [1.82, 2.24) is 10.2 Å². The topological polar surface area (TPSA) is 148 Å². The fourth-order valence-electron chi connectivity index (χ4n) is 3.68. The maximum Gasteiger partial charge on any atom is 0.408 e. The van der Waals surface area contributed by atoms with Gasteiger partial charge in [-0.1, -0.05) is 54.1 Å². The van der Waals surface area contributed by atoms with Gasteiger partial charge in [-0.3, -0.25) is 14.4 Å². The normalized spacial score (nSPS) is 12.6. The fourth-order valence-corrected chi connectivity index (χ4v) is 3.81. The lowest BCUT2D eigenvalue weighted by molar-refractivity contribution is -0.155. The highest BCUT2D eigenvalue weighted by molar-refractivity contribution is 6.30. The molecule has 2 atom stereocenters. The van der Waals surface area contributed by atoms with Crippen molar-refractivity contribution in [3.8, 4) is 0 Å². The van der Waals surface area contributed by atoms with Crippen molar-refractivity contribution in [3.63, 3.8) is 0 Å². The Morgan fingerprint density at radius 2 is 1.67 bits per heavy atom. The summed E-state index contributed by atoms with van der Waals surface area (Å²) < 4.78 is 10.6. The first-order chi connectivity index (χ1) is 18.4. The molecule has 1 unspecified atom stereocenters. The number of aliphatic hydroxyl groups is 1. The maximum atomic E-state index is 13.7. The van der Waals surface area contributed by atoms with Crippen molar-refractivity contribution in [1.29, 1.82) is 0 Å². The van der Waals surface area contributed by atoms with E-state index in [1.807, 2.05) is 6.07 Å². The van der Waals surface area contributed by atoms with E-state index in [0.717, 1.165) is 16.0 Å². The van der Waals surface area contributed by atoms with Gasteiger partial charge >= 0.3 is 12.1 Å². The summed E-state index contributed by atoms with van der Waals surface area (Å²) in [6.45, 7) is 4.37. The number of aliphatic hydroxyl groups excluding tert-OH is 1. The Morgan fingerprint density at radius 1 is 1.03 bits per heavy atom. The molecule has 0 aromatic heterocycles. The zero-order valence-electron chi connectivity index (χ0n) is 22.4. The van der Waals surface area contributed by atoms with Crippen LogP contribution in [0, 0.1) is 0 Å². The number of nitrogens with two attached hydrogens (primary N) is 1. The summed E-state index contributed by atoms with van der Waals surface area (Å²) >= 11 is 5.95. The summed E-state index contributed by atoms with van der Waals surface area (Å²) in [7, 11) is 0. The van der Waals surface area contributed by atoms with Crippen LogP contribution in [0.4, 0.5) is 4.79 Å². The minimum absolute atomic E-state index is 0.00167. The second-order valence-corrected chi connectivity index (χ2v) is 10.3. The molecule has 4 N–H and O–H groups in total. The van der Waals surface area contributed by atoms with Crippen molar-refractivity contribution in [3.05, 3.63) is 70.7 Å². The first-order valence-corrected chi connectivity index (χ1v) is 12.9. The van der Waals surface area contributed by atoms with Crippen LogP contribution in [0.3, 0.4) is 0 Å². The van der Waals surface area contributed by atoms with Gasteiger partial charge in [0.05, 0.1) is 6.61 Å². The number of carbonyl (C=O) groups is 4. The zero-order valence-corrected chi connectivity index (χ0v) is 23.1. The molecule has 0 fully saturated rings. The average Bonchev–Trinajstić information content (AvgIpc) is 2.87. The van der Waals surface area contributed by atoms with E-state index in [4.69, 9.17) is 26.8 Å². The molecule has 10 nitrogen and oxygen atoms in total. The smallest absolute Gasteiger partial charge is 0.408 e. The number of amides is 3. The summed E-state index contributed by atoms with van der Waals surface area (Å²) in [6.07, 6.45) is -0.913. The number of benzene rings is 2. The highest BCUT2D eigenvalue weighted by atomic mass is 35.5. The van der Waals surface area contributed by atoms with Crippen molar-refractivity contribution < 1.29 is 33.8 Å². The zero-order chi connectivity index (χ0) is 29.0. The van der Waals surface area contributed by atoms with E-state index in [0.29, 0.717) is 11.4 Å². The molecule has 11 heteroatoms. The van der Waals surface area contributed by atoms with Gasteiger partial charge < -0.3 is 30.5 Å². The molecule has 0 bridgehead atoms. The van der Waals surface area contributed by atoms with Gasteiger partial charge in [-0.05, 0) is 56.9 Å². The van der Waals surface area contributed by atoms with Gasteiger partial charge in [-0.25, -0.2) is 4.79 Å². The Kier molecular flexibility index (Phi) is 12.2. The summed E-state index contributed by atoms with van der Waals surface area (Å²) in [5, 5.41) is 12.9. The minimum Gasteiger partial charge on any atom is -0.460 e. The van der Waals surface area contributed by atoms with Gasteiger partial charge in [0.15, 0.2) is 0 Å². The van der Waals surface area contributed by atoms with Crippen LogP contribution in [0.25, 0.3) is 0 Å². The highest BCUT2D eigenvalue weighted by Gasteiger charge is 2.34. The summed E-state index contributed by atoms with van der Waals surface area (Å²) in [6, 6.07) is 13.3. The molecular formula is C28H36ClN3O7. The average molecular weight is 562 g/mol. The molecule has 39 heavy (non-hydrogen) atoms. The number of nitrogens with one attached hydrogen (secondary N) is 1. The molecular weight excluding hydrogens is 526 g/mol. The second-order valence-electron chi connectivity index (χ2n) is 9.89. The van der Waals surface area contributed by atoms with Crippen LogP contribution in [-0.2, 0) is 36.9 Å². The van der Waals surface area contributed by atoms with Crippen LogP contribution in [-0.4, -0.2) is 64.7 Å². The lowest BCUT2D eigenvalue weighted by Crippen LogP contribution is -2.57. The Balaban J connectivity index is 2.23. The number of halogens is 1. The van der Waals surface area contributed by atoms with Gasteiger partial charge in [-0.2, -0.15) is 0 Å². The predicted octanol–water partition coefficient (Wildman–Crippen LogP) is 2.97. The van der Waals surface area contributed by atoms with E-state index in [1.54, 1.807) is 69.3 Å². The summed E-state index contributed by atoms with van der Waals surface area (Å²) in [5.74, 6) is -2.19. The van der Waals surface area contributed by atoms with Crippen LogP contribution in [0.15, 0.2) is 54.6 Å². The second kappa shape index (κ2) is 15.1. The molecule has 0 radical (unpaired) electrons. The Hall–Kier alpha value is -3.63. The molecule has 3 amide bonds. The van der Waals surface area contributed by atoms with Gasteiger partial charge in [0.2, 0.25) is 11.8 Å². The minimum atomic E-state index is -1.35. The van der Waals surface area contributed by atoms with Crippen LogP contribution in [0.5, 0.6) is 0 Å². The Labute approximate surface area is 233 Å². The number of hydrogen-bond donors (Lipinski definition) is 3. The molecule has 0 saturated carbocycles. The number of rotatable bonds is 13. The van der Waals surface area contributed by atoms with Crippen molar-refractivity contribution >= 4 is 35.5 Å². The van der Waals surface area contributed by atoms with Crippen LogP contribution in [0.2, 0.25) is 5.02 Å². The van der Waals surface area contributed by atoms with Crippen LogP contribution in [0.1, 0.15) is 44.7 Å². The van der Waals surface area contributed by atoms with Gasteiger partial charge in [0.1, 0.15) is 24.3 Å². The monoisotopic (exact) mass is 561 g/mol. The first-order valence-electron chi connectivity index (χ1n) is 12.5. The lowest BCUT2D eigenvalue weighted by atomic mass is 10.1. The molecule has 2 aromatic rings. The van der Waals surface area contributed by atoms with E-state index >= 15 is 0 Å². The standard InChI is InChI=1S/C28H36ClN3O7/c1-28(2,3)39-24(34)14-13-22(31-27(37)38-18-20-7-5-4-6-8-20)26(36)32(23(17-33)25(30)35)16-15-19-9-11-21(29)12-10-19/h4-12,22-23,33H,13-18H2,1-3H3,(H2,30,35)(H,31,37)/t22?,23-/m0/s1. The van der Waals surface area contributed by atoms with Crippen LogP contribution < -0.4 is 11.1 Å². The Morgan fingerprint density at radius 3 is 2.23 bits per heavy atom. The third kappa shape index (κ3) is 11.3.